The molecule has 0 saturated carbocycles. The van der Waals surface area contributed by atoms with Crippen molar-refractivity contribution in [3.8, 4) is 11.4 Å². The molecule has 0 bridgehead atoms. The number of nitrogens with one attached hydrogen (secondary N) is 2. The van der Waals surface area contributed by atoms with E-state index >= 15 is 0 Å². The zero-order chi connectivity index (χ0) is 24.8. The first kappa shape index (κ1) is 23.0. The molecular weight excluding hydrogens is 470 g/mol. The fourth-order valence-electron chi connectivity index (χ4n) is 4.92. The lowest BCUT2D eigenvalue weighted by molar-refractivity contribution is 0.0949. The van der Waals surface area contributed by atoms with Gasteiger partial charge in [-0.1, -0.05) is 6.58 Å². The van der Waals surface area contributed by atoms with E-state index in [-0.39, 0.29) is 11.9 Å². The number of hydrogen-bond acceptors (Lipinski definition) is 8. The third-order valence-corrected chi connectivity index (χ3v) is 8.07. The molecule has 184 valence electrons. The van der Waals surface area contributed by atoms with Gasteiger partial charge in [-0.3, -0.25) is 9.69 Å². The largest absolute Gasteiger partial charge is 0.381 e. The number of aromatic nitrogens is 3. The summed E-state index contributed by atoms with van der Waals surface area (Å²) in [7, 11) is 2.16. The van der Waals surface area contributed by atoms with Crippen LogP contribution < -0.4 is 10.6 Å². The highest BCUT2D eigenvalue weighted by atomic mass is 32.1. The maximum Gasteiger partial charge on any atom is 0.263 e. The van der Waals surface area contributed by atoms with E-state index in [0.717, 1.165) is 81.4 Å². The van der Waals surface area contributed by atoms with Crippen LogP contribution in [0.25, 0.3) is 38.5 Å². The Kier molecular flexibility index (Phi) is 5.91. The Labute approximate surface area is 214 Å². The monoisotopic (exact) mass is 499 g/mol. The van der Waals surface area contributed by atoms with E-state index in [2.05, 4.69) is 46.2 Å². The summed E-state index contributed by atoms with van der Waals surface area (Å²) in [4.78, 5) is 32.6. The molecule has 2 aliphatic heterocycles. The molecule has 4 aromatic rings. The summed E-state index contributed by atoms with van der Waals surface area (Å²) < 4.78 is 1.07. The van der Waals surface area contributed by atoms with Crippen molar-refractivity contribution in [2.45, 2.75) is 19.5 Å². The van der Waals surface area contributed by atoms with Gasteiger partial charge in [0.2, 0.25) is 0 Å². The van der Waals surface area contributed by atoms with Crippen LogP contribution in [0.1, 0.15) is 28.1 Å². The second-order valence-electron chi connectivity index (χ2n) is 9.65. The molecule has 3 aromatic heterocycles. The average Bonchev–Trinajstić information content (AvgIpc) is 3.21. The summed E-state index contributed by atoms with van der Waals surface area (Å²) in [5, 5.41) is 8.62. The summed E-state index contributed by atoms with van der Waals surface area (Å²) in [6, 6.07) is 10.3. The lowest BCUT2D eigenvalue weighted by Crippen LogP contribution is -2.44. The Hall–Kier alpha value is -3.40. The van der Waals surface area contributed by atoms with E-state index in [0.29, 0.717) is 12.4 Å². The minimum absolute atomic E-state index is 0.0211. The van der Waals surface area contributed by atoms with Gasteiger partial charge in [0, 0.05) is 60.8 Å². The summed E-state index contributed by atoms with van der Waals surface area (Å²) in [6.45, 7) is 11.6. The quantitative estimate of drug-likeness (QED) is 0.441. The number of pyridine rings is 1. The molecular formula is C27H29N7OS. The summed E-state index contributed by atoms with van der Waals surface area (Å²) in [5.74, 6) is 0.591. The predicted molar refractivity (Wildman–Crippen MR) is 146 cm³/mol. The molecule has 1 saturated heterocycles. The number of nitrogens with zero attached hydrogens (tertiary/aromatic N) is 5. The van der Waals surface area contributed by atoms with Crippen molar-refractivity contribution in [1.82, 2.24) is 30.1 Å². The lowest BCUT2D eigenvalue weighted by atomic mass is 10.1. The van der Waals surface area contributed by atoms with Gasteiger partial charge >= 0.3 is 0 Å². The fourth-order valence-corrected chi connectivity index (χ4v) is 6.02. The van der Waals surface area contributed by atoms with Gasteiger partial charge < -0.3 is 15.5 Å². The van der Waals surface area contributed by atoms with E-state index in [4.69, 9.17) is 15.0 Å². The van der Waals surface area contributed by atoms with Gasteiger partial charge in [0.1, 0.15) is 4.88 Å². The van der Waals surface area contributed by atoms with Crippen LogP contribution in [0.3, 0.4) is 0 Å². The second-order valence-corrected chi connectivity index (χ2v) is 10.7. The van der Waals surface area contributed by atoms with Crippen molar-refractivity contribution in [3.63, 3.8) is 0 Å². The molecule has 1 fully saturated rings. The number of likely N-dealkylation sites (N-methyl/N-ethyl adjacent to an activating group) is 1. The van der Waals surface area contributed by atoms with Crippen LogP contribution in [0.15, 0.2) is 36.9 Å². The van der Waals surface area contributed by atoms with Crippen LogP contribution >= 0.6 is 11.3 Å². The Bertz CT molecular complexity index is 1490. The zero-order valence-electron chi connectivity index (χ0n) is 20.5. The Morgan fingerprint density at radius 2 is 1.94 bits per heavy atom. The van der Waals surface area contributed by atoms with E-state index in [1.165, 1.54) is 11.3 Å². The molecule has 2 aliphatic rings. The molecule has 0 aliphatic carbocycles. The van der Waals surface area contributed by atoms with Crippen LogP contribution in [-0.2, 0) is 6.54 Å². The second kappa shape index (κ2) is 9.24. The highest BCUT2D eigenvalue weighted by Crippen LogP contribution is 2.41. The van der Waals surface area contributed by atoms with E-state index in [1.54, 1.807) is 6.08 Å². The SMILES string of the molecule is C=Cc1nc(CN2CCN(C)CC2)cc(-c2ccc3c(ccc4sc5c(c43)NC[C@@H](C)NC5=O)n2)n1. The molecule has 0 unspecified atom stereocenters. The van der Waals surface area contributed by atoms with Crippen LogP contribution in [-0.4, -0.2) is 76.5 Å². The fraction of sp³-hybridized carbons (Fsp3) is 0.333. The first-order valence-electron chi connectivity index (χ1n) is 12.3. The lowest BCUT2D eigenvalue weighted by Gasteiger charge is -2.32. The van der Waals surface area contributed by atoms with Crippen LogP contribution in [0.5, 0.6) is 0 Å². The van der Waals surface area contributed by atoms with Crippen molar-refractivity contribution < 1.29 is 4.79 Å². The maximum absolute atomic E-state index is 12.7. The van der Waals surface area contributed by atoms with Crippen molar-refractivity contribution in [2.24, 2.45) is 0 Å². The van der Waals surface area contributed by atoms with Crippen LogP contribution in [0, 0.1) is 0 Å². The molecule has 9 heteroatoms. The third kappa shape index (κ3) is 4.23. The predicted octanol–water partition coefficient (Wildman–Crippen LogP) is 3.84. The summed E-state index contributed by atoms with van der Waals surface area (Å²) in [6.07, 6.45) is 1.69. The van der Waals surface area contributed by atoms with Gasteiger partial charge in [-0.15, -0.1) is 11.3 Å². The first-order valence-corrected chi connectivity index (χ1v) is 13.1. The number of hydrogen-bond donors (Lipinski definition) is 2. The smallest absolute Gasteiger partial charge is 0.263 e. The van der Waals surface area contributed by atoms with Crippen molar-refractivity contribution >= 4 is 50.0 Å². The standard InChI is InChI=1S/C27H29N7OS/c1-4-23-30-17(15-34-11-9-33(3)10-12-34)13-21(32-23)20-6-5-18-19(31-20)7-8-22-24(18)25-26(36-22)27(35)29-16(2)14-28-25/h4-8,13,16,28H,1,9-12,14-15H2,2-3H3,(H,29,35)/t16-/m1/s1. The van der Waals surface area contributed by atoms with Crippen molar-refractivity contribution in [3.05, 3.63) is 53.3 Å². The molecule has 0 spiro atoms. The number of fused-ring (bicyclic) bond motifs is 5. The molecule has 1 aromatic carbocycles. The molecule has 8 nitrogen and oxygen atoms in total. The van der Waals surface area contributed by atoms with Gasteiger partial charge in [0.15, 0.2) is 5.82 Å². The average molecular weight is 500 g/mol. The normalized spacial score (nSPS) is 19.1. The minimum atomic E-state index is -0.0211. The maximum atomic E-state index is 12.7. The molecule has 5 heterocycles. The molecule has 1 amide bonds. The number of carbonyl (C=O) groups is 1. The Morgan fingerprint density at radius 3 is 2.75 bits per heavy atom. The Morgan fingerprint density at radius 1 is 1.11 bits per heavy atom. The minimum Gasteiger partial charge on any atom is -0.381 e. The van der Waals surface area contributed by atoms with Crippen molar-refractivity contribution in [1.29, 1.82) is 0 Å². The molecule has 2 N–H and O–H groups in total. The van der Waals surface area contributed by atoms with Gasteiger partial charge in [-0.2, -0.15) is 0 Å². The third-order valence-electron chi connectivity index (χ3n) is 6.91. The highest BCUT2D eigenvalue weighted by Gasteiger charge is 2.25. The van der Waals surface area contributed by atoms with E-state index in [1.807, 2.05) is 25.1 Å². The number of benzene rings is 1. The van der Waals surface area contributed by atoms with Gasteiger partial charge in [0.05, 0.1) is 28.3 Å². The molecule has 36 heavy (non-hydrogen) atoms. The van der Waals surface area contributed by atoms with Gasteiger partial charge in [0.25, 0.3) is 5.91 Å². The van der Waals surface area contributed by atoms with Gasteiger partial charge in [-0.25, -0.2) is 15.0 Å². The number of carbonyl (C=O) groups excluding carboxylic acids is 1. The molecule has 1 atom stereocenters. The van der Waals surface area contributed by atoms with Crippen LogP contribution in [0.2, 0.25) is 0 Å². The number of piperazine rings is 1. The van der Waals surface area contributed by atoms with Gasteiger partial charge in [-0.05, 0) is 50.4 Å². The number of rotatable bonds is 4. The zero-order valence-corrected chi connectivity index (χ0v) is 21.4. The highest BCUT2D eigenvalue weighted by molar-refractivity contribution is 7.21. The summed E-state index contributed by atoms with van der Waals surface area (Å²) >= 11 is 1.52. The first-order chi connectivity index (χ1) is 17.5. The molecule has 6 rings (SSSR count). The van der Waals surface area contributed by atoms with E-state index < -0.39 is 0 Å². The number of anilines is 1. The van der Waals surface area contributed by atoms with E-state index in [9.17, 15) is 4.79 Å². The Balaban J connectivity index is 1.39. The van der Waals surface area contributed by atoms with Crippen LogP contribution in [0.4, 0.5) is 5.69 Å². The number of thiophene rings is 1. The molecule has 0 radical (unpaired) electrons. The topological polar surface area (TPSA) is 86.3 Å². The van der Waals surface area contributed by atoms with Crippen molar-refractivity contribution in [2.75, 3.05) is 45.1 Å². The number of amides is 1. The summed E-state index contributed by atoms with van der Waals surface area (Å²) in [5.41, 5.74) is 4.35.